The third-order valence-electron chi connectivity index (χ3n) is 3.27. The maximum absolute atomic E-state index is 11.0. The second-order valence-corrected chi connectivity index (χ2v) is 4.67. The molecular formula is C17H18O3. The first-order chi connectivity index (χ1) is 9.70. The molecule has 0 amide bonds. The molecule has 0 saturated carbocycles. The Balaban J connectivity index is 2.04. The average Bonchev–Trinajstić information content (AvgIpc) is 2.49. The van der Waals surface area contributed by atoms with E-state index >= 15 is 0 Å². The van der Waals surface area contributed by atoms with Gasteiger partial charge in [0.25, 0.3) is 0 Å². The molecule has 1 aliphatic carbocycles. The fourth-order valence-corrected chi connectivity index (χ4v) is 2.20. The van der Waals surface area contributed by atoms with Gasteiger partial charge in [0.05, 0.1) is 6.61 Å². The number of phenolic OH excluding ortho intramolecular Hbond substituents is 1. The number of ether oxygens (including phenoxy) is 1. The molecular weight excluding hydrogens is 252 g/mol. The van der Waals surface area contributed by atoms with Gasteiger partial charge in [0, 0.05) is 24.0 Å². The number of hydrogen-bond acceptors (Lipinski definition) is 3. The molecule has 0 heterocycles. The highest BCUT2D eigenvalue weighted by atomic mass is 16.5. The van der Waals surface area contributed by atoms with Gasteiger partial charge in [-0.05, 0) is 18.1 Å². The summed E-state index contributed by atoms with van der Waals surface area (Å²) < 4.78 is 4.97. The molecule has 1 aromatic carbocycles. The number of benzene rings is 1. The van der Waals surface area contributed by atoms with E-state index in [2.05, 4.69) is 18.7 Å². The average molecular weight is 270 g/mol. The maximum atomic E-state index is 11.0. The van der Waals surface area contributed by atoms with Crippen LogP contribution in [-0.4, -0.2) is 17.7 Å². The highest BCUT2D eigenvalue weighted by Crippen LogP contribution is 2.32. The van der Waals surface area contributed by atoms with Gasteiger partial charge in [0.15, 0.2) is 0 Å². The van der Waals surface area contributed by atoms with Crippen LogP contribution in [0.2, 0.25) is 0 Å². The van der Waals surface area contributed by atoms with Gasteiger partial charge in [-0.2, -0.15) is 0 Å². The van der Waals surface area contributed by atoms with E-state index in [1.54, 1.807) is 6.07 Å². The molecule has 0 bridgehead atoms. The Morgan fingerprint density at radius 3 is 3.00 bits per heavy atom. The Morgan fingerprint density at radius 1 is 1.45 bits per heavy atom. The van der Waals surface area contributed by atoms with Crippen LogP contribution in [0.15, 0.2) is 55.2 Å². The lowest BCUT2D eigenvalue weighted by atomic mass is 9.90. The van der Waals surface area contributed by atoms with Crippen LogP contribution in [0.25, 0.3) is 0 Å². The van der Waals surface area contributed by atoms with Crippen molar-refractivity contribution in [2.75, 3.05) is 6.61 Å². The molecule has 0 aliphatic heterocycles. The molecule has 1 aliphatic rings. The van der Waals surface area contributed by atoms with Crippen molar-refractivity contribution in [1.29, 1.82) is 0 Å². The third-order valence-corrected chi connectivity index (χ3v) is 3.27. The van der Waals surface area contributed by atoms with Gasteiger partial charge in [0.2, 0.25) is 0 Å². The second kappa shape index (κ2) is 6.75. The van der Waals surface area contributed by atoms with Crippen molar-refractivity contribution in [3.63, 3.8) is 0 Å². The zero-order chi connectivity index (χ0) is 14.4. The fourth-order valence-electron chi connectivity index (χ4n) is 2.20. The topological polar surface area (TPSA) is 46.5 Å². The van der Waals surface area contributed by atoms with Crippen molar-refractivity contribution in [2.24, 2.45) is 0 Å². The Labute approximate surface area is 118 Å². The van der Waals surface area contributed by atoms with E-state index in [4.69, 9.17) is 4.74 Å². The number of esters is 1. The quantitative estimate of drug-likeness (QED) is 0.660. The van der Waals surface area contributed by atoms with Crippen LogP contribution in [0.4, 0.5) is 0 Å². The number of hydrogen-bond donors (Lipinski definition) is 1. The van der Waals surface area contributed by atoms with E-state index in [0.29, 0.717) is 18.8 Å². The summed E-state index contributed by atoms with van der Waals surface area (Å²) >= 11 is 0. The number of phenols is 1. The summed E-state index contributed by atoms with van der Waals surface area (Å²) in [5.41, 5.74) is 1.95. The van der Waals surface area contributed by atoms with Gasteiger partial charge >= 0.3 is 5.97 Å². The number of rotatable bonds is 5. The molecule has 0 radical (unpaired) electrons. The number of allylic oxidation sites excluding steroid dienone is 4. The van der Waals surface area contributed by atoms with Crippen molar-refractivity contribution in [1.82, 2.24) is 0 Å². The second-order valence-electron chi connectivity index (χ2n) is 4.67. The molecule has 0 aromatic heterocycles. The largest absolute Gasteiger partial charge is 0.508 e. The van der Waals surface area contributed by atoms with Gasteiger partial charge in [-0.3, -0.25) is 0 Å². The molecule has 1 atom stereocenters. The van der Waals surface area contributed by atoms with Crippen LogP contribution in [0, 0.1) is 0 Å². The molecule has 20 heavy (non-hydrogen) atoms. The van der Waals surface area contributed by atoms with Gasteiger partial charge in [0.1, 0.15) is 5.75 Å². The summed E-state index contributed by atoms with van der Waals surface area (Å²) in [6.07, 6.45) is 10.8. The van der Waals surface area contributed by atoms with Crippen LogP contribution < -0.4 is 0 Å². The Hall–Kier alpha value is -2.29. The van der Waals surface area contributed by atoms with Crippen LogP contribution in [-0.2, 0) is 16.0 Å². The van der Waals surface area contributed by atoms with Crippen molar-refractivity contribution in [3.05, 3.63) is 66.3 Å². The zero-order valence-corrected chi connectivity index (χ0v) is 11.3. The molecule has 1 unspecified atom stereocenters. The minimum atomic E-state index is -0.413. The SMILES string of the molecule is C=CC(=O)OCCc1ccc(O)c(C2C=CC=CC2)c1. The molecule has 0 saturated heterocycles. The summed E-state index contributed by atoms with van der Waals surface area (Å²) in [5.74, 6) is 0.0989. The molecule has 1 aromatic rings. The molecule has 1 N–H and O–H groups in total. The zero-order valence-electron chi connectivity index (χ0n) is 11.3. The van der Waals surface area contributed by atoms with E-state index in [-0.39, 0.29) is 5.92 Å². The smallest absolute Gasteiger partial charge is 0.330 e. The highest BCUT2D eigenvalue weighted by molar-refractivity contribution is 5.81. The van der Waals surface area contributed by atoms with Crippen molar-refractivity contribution in [3.8, 4) is 5.75 Å². The molecule has 0 fully saturated rings. The maximum Gasteiger partial charge on any atom is 0.330 e. The first kappa shape index (κ1) is 14.1. The van der Waals surface area contributed by atoms with Gasteiger partial charge in [-0.1, -0.05) is 43.0 Å². The number of carbonyl (C=O) groups is 1. The number of aromatic hydroxyl groups is 1. The van der Waals surface area contributed by atoms with Crippen molar-refractivity contribution >= 4 is 5.97 Å². The highest BCUT2D eigenvalue weighted by Gasteiger charge is 2.13. The normalized spacial score (nSPS) is 16.9. The van der Waals surface area contributed by atoms with Gasteiger partial charge in [-0.25, -0.2) is 4.79 Å². The van der Waals surface area contributed by atoms with Crippen molar-refractivity contribution < 1.29 is 14.6 Å². The number of carbonyl (C=O) groups excluding carboxylic acids is 1. The minimum absolute atomic E-state index is 0.204. The van der Waals surface area contributed by atoms with Crippen LogP contribution in [0.5, 0.6) is 5.75 Å². The molecule has 3 nitrogen and oxygen atoms in total. The third kappa shape index (κ3) is 3.60. The lowest BCUT2D eigenvalue weighted by Gasteiger charge is -2.16. The Kier molecular flexibility index (Phi) is 4.77. The van der Waals surface area contributed by atoms with Crippen LogP contribution in [0.3, 0.4) is 0 Å². The summed E-state index contributed by atoms with van der Waals surface area (Å²) in [6, 6.07) is 5.53. The first-order valence-corrected chi connectivity index (χ1v) is 6.65. The monoisotopic (exact) mass is 270 g/mol. The lowest BCUT2D eigenvalue weighted by Crippen LogP contribution is -2.05. The summed E-state index contributed by atoms with van der Waals surface area (Å²) in [5, 5.41) is 9.98. The summed E-state index contributed by atoms with van der Waals surface area (Å²) in [6.45, 7) is 3.67. The Morgan fingerprint density at radius 2 is 2.30 bits per heavy atom. The summed E-state index contributed by atoms with van der Waals surface area (Å²) in [7, 11) is 0. The summed E-state index contributed by atoms with van der Waals surface area (Å²) in [4.78, 5) is 11.0. The minimum Gasteiger partial charge on any atom is -0.508 e. The van der Waals surface area contributed by atoms with Gasteiger partial charge in [-0.15, -0.1) is 0 Å². The lowest BCUT2D eigenvalue weighted by molar-refractivity contribution is -0.137. The van der Waals surface area contributed by atoms with Crippen LogP contribution in [0.1, 0.15) is 23.5 Å². The van der Waals surface area contributed by atoms with Crippen molar-refractivity contribution in [2.45, 2.75) is 18.8 Å². The standard InChI is InChI=1S/C17H18O3/c1-2-17(19)20-11-10-13-8-9-16(18)15(12-13)14-6-4-3-5-7-14/h2-6,8-9,12,14,18H,1,7,10-11H2. The van der Waals surface area contributed by atoms with E-state index in [9.17, 15) is 9.90 Å². The fraction of sp³-hybridized carbons (Fsp3) is 0.235. The molecule has 3 heteroatoms. The predicted molar refractivity (Wildman–Crippen MR) is 78.6 cm³/mol. The van der Waals surface area contributed by atoms with Gasteiger partial charge < -0.3 is 9.84 Å². The molecule has 104 valence electrons. The molecule has 0 spiro atoms. The van der Waals surface area contributed by atoms with E-state index in [1.165, 1.54) is 0 Å². The van der Waals surface area contributed by atoms with E-state index in [0.717, 1.165) is 23.6 Å². The Bertz CT molecular complexity index is 555. The van der Waals surface area contributed by atoms with E-state index in [1.807, 2.05) is 24.3 Å². The van der Waals surface area contributed by atoms with Crippen LogP contribution >= 0.6 is 0 Å². The first-order valence-electron chi connectivity index (χ1n) is 6.65. The van der Waals surface area contributed by atoms with E-state index < -0.39 is 5.97 Å². The molecule has 2 rings (SSSR count). The predicted octanol–water partition coefficient (Wildman–Crippen LogP) is 3.26.